The van der Waals surface area contributed by atoms with Crippen LogP contribution in [-0.4, -0.2) is 30.2 Å². The molecule has 0 aromatic heterocycles. The van der Waals surface area contributed by atoms with Crippen LogP contribution in [0.1, 0.15) is 11.1 Å². The van der Waals surface area contributed by atoms with Crippen LogP contribution in [0, 0.1) is 6.92 Å². The fraction of sp³-hybridized carbons (Fsp3) is 0.118. The summed E-state index contributed by atoms with van der Waals surface area (Å²) in [6, 6.07) is 9.42. The number of methoxy groups -OCH3 is 1. The number of aryl methyl sites for hydroxylation is 1. The summed E-state index contributed by atoms with van der Waals surface area (Å²) >= 11 is 5.84. The van der Waals surface area contributed by atoms with Crippen molar-refractivity contribution in [1.82, 2.24) is 5.43 Å². The molecule has 130 valence electrons. The van der Waals surface area contributed by atoms with E-state index in [1.807, 2.05) is 0 Å². The van der Waals surface area contributed by atoms with Crippen molar-refractivity contribution in [3.05, 3.63) is 52.5 Å². The van der Waals surface area contributed by atoms with Crippen molar-refractivity contribution in [3.8, 4) is 11.5 Å². The van der Waals surface area contributed by atoms with Crippen molar-refractivity contribution in [3.63, 3.8) is 0 Å². The number of benzene rings is 2. The third-order valence-corrected chi connectivity index (χ3v) is 3.46. The lowest BCUT2D eigenvalue weighted by Gasteiger charge is -2.07. The van der Waals surface area contributed by atoms with Crippen molar-refractivity contribution in [2.45, 2.75) is 6.92 Å². The Bertz CT molecular complexity index is 837. The Balaban J connectivity index is 1.96. The number of amides is 2. The Labute approximate surface area is 149 Å². The van der Waals surface area contributed by atoms with Crippen molar-refractivity contribution >= 4 is 35.3 Å². The first-order valence-corrected chi connectivity index (χ1v) is 7.56. The minimum Gasteiger partial charge on any atom is -0.504 e. The maximum atomic E-state index is 11.9. The molecule has 0 saturated carbocycles. The number of rotatable bonds is 4. The second-order valence-corrected chi connectivity index (χ2v) is 5.48. The maximum Gasteiger partial charge on any atom is 0.329 e. The molecule has 2 aromatic carbocycles. The van der Waals surface area contributed by atoms with Gasteiger partial charge >= 0.3 is 11.8 Å². The van der Waals surface area contributed by atoms with Crippen LogP contribution in [0.2, 0.25) is 5.02 Å². The minimum atomic E-state index is -0.920. The van der Waals surface area contributed by atoms with Crippen LogP contribution in [0.15, 0.2) is 41.5 Å². The smallest absolute Gasteiger partial charge is 0.329 e. The molecule has 0 aliphatic heterocycles. The van der Waals surface area contributed by atoms with Gasteiger partial charge in [0, 0.05) is 10.7 Å². The zero-order valence-electron chi connectivity index (χ0n) is 13.5. The van der Waals surface area contributed by atoms with Gasteiger partial charge in [0.05, 0.1) is 13.3 Å². The predicted octanol–water partition coefficient (Wildman–Crippen LogP) is 2.45. The molecule has 0 unspecified atom stereocenters. The molecule has 7 nitrogen and oxygen atoms in total. The molecule has 2 aromatic rings. The average Bonchev–Trinajstić information content (AvgIpc) is 2.58. The quantitative estimate of drug-likeness (QED) is 0.442. The number of carbonyl (C=O) groups is 2. The average molecular weight is 362 g/mol. The van der Waals surface area contributed by atoms with E-state index in [4.69, 9.17) is 16.3 Å². The summed E-state index contributed by atoms with van der Waals surface area (Å²) < 4.78 is 4.96. The highest BCUT2D eigenvalue weighted by Crippen LogP contribution is 2.25. The molecule has 0 atom stereocenters. The van der Waals surface area contributed by atoms with E-state index < -0.39 is 11.8 Å². The number of phenols is 1. The molecule has 0 aliphatic rings. The van der Waals surface area contributed by atoms with E-state index in [0.717, 1.165) is 5.56 Å². The van der Waals surface area contributed by atoms with Gasteiger partial charge in [0.2, 0.25) is 0 Å². The second kappa shape index (κ2) is 8.16. The zero-order valence-corrected chi connectivity index (χ0v) is 14.3. The molecule has 0 bridgehead atoms. The van der Waals surface area contributed by atoms with Crippen LogP contribution in [0.3, 0.4) is 0 Å². The molecular formula is C17H16ClN3O4. The summed E-state index contributed by atoms with van der Waals surface area (Å²) in [7, 11) is 1.42. The number of halogens is 1. The topological polar surface area (TPSA) is 100 Å². The number of nitrogens with one attached hydrogen (secondary N) is 2. The van der Waals surface area contributed by atoms with Crippen LogP contribution < -0.4 is 15.5 Å². The Kier molecular flexibility index (Phi) is 5.97. The summed E-state index contributed by atoms with van der Waals surface area (Å²) in [4.78, 5) is 23.6. The number of ether oxygens (including phenoxy) is 1. The fourth-order valence-corrected chi connectivity index (χ4v) is 2.16. The molecule has 0 spiro atoms. The van der Waals surface area contributed by atoms with Gasteiger partial charge in [-0.2, -0.15) is 5.10 Å². The van der Waals surface area contributed by atoms with Crippen LogP contribution in [-0.2, 0) is 9.59 Å². The SMILES string of the molecule is COc1cc(C=NNC(=O)C(=O)Nc2ccc(Cl)cc2C)ccc1O. The third kappa shape index (κ3) is 4.95. The lowest BCUT2D eigenvalue weighted by atomic mass is 10.2. The summed E-state index contributed by atoms with van der Waals surface area (Å²) in [6.45, 7) is 1.76. The van der Waals surface area contributed by atoms with Crippen LogP contribution in [0.25, 0.3) is 0 Å². The third-order valence-electron chi connectivity index (χ3n) is 3.23. The Morgan fingerprint density at radius 3 is 2.64 bits per heavy atom. The van der Waals surface area contributed by atoms with Gasteiger partial charge < -0.3 is 15.2 Å². The van der Waals surface area contributed by atoms with E-state index >= 15 is 0 Å². The Morgan fingerprint density at radius 2 is 1.96 bits per heavy atom. The van der Waals surface area contributed by atoms with Gasteiger partial charge in [0.1, 0.15) is 0 Å². The van der Waals surface area contributed by atoms with Crippen molar-refractivity contribution in [1.29, 1.82) is 0 Å². The molecule has 25 heavy (non-hydrogen) atoms. The number of hydrogen-bond acceptors (Lipinski definition) is 5. The molecule has 0 heterocycles. The monoisotopic (exact) mass is 361 g/mol. The lowest BCUT2D eigenvalue weighted by Crippen LogP contribution is -2.32. The molecular weight excluding hydrogens is 346 g/mol. The Hall–Kier alpha value is -3.06. The van der Waals surface area contributed by atoms with E-state index in [2.05, 4.69) is 15.8 Å². The number of phenolic OH excluding ortho intramolecular Hbond substituents is 1. The van der Waals surface area contributed by atoms with E-state index in [9.17, 15) is 14.7 Å². The highest BCUT2D eigenvalue weighted by molar-refractivity contribution is 6.39. The summed E-state index contributed by atoms with van der Waals surface area (Å²) in [5.74, 6) is -1.52. The number of carbonyl (C=O) groups excluding carboxylic acids is 2. The lowest BCUT2D eigenvalue weighted by molar-refractivity contribution is -0.136. The van der Waals surface area contributed by atoms with Crippen molar-refractivity contribution < 1.29 is 19.4 Å². The summed E-state index contributed by atoms with van der Waals surface area (Å²) in [5, 5.41) is 16.2. The standard InChI is InChI=1S/C17H16ClN3O4/c1-10-7-12(18)4-5-13(10)20-16(23)17(24)21-19-9-11-3-6-14(22)15(8-11)25-2/h3-9,22H,1-2H3,(H,20,23)(H,21,24). The van der Waals surface area contributed by atoms with Gasteiger partial charge in [0.25, 0.3) is 0 Å². The van der Waals surface area contributed by atoms with Gasteiger partial charge in [-0.3, -0.25) is 9.59 Å². The van der Waals surface area contributed by atoms with Gasteiger partial charge in [-0.25, -0.2) is 5.43 Å². The molecule has 8 heteroatoms. The molecule has 0 aliphatic carbocycles. The molecule has 0 radical (unpaired) electrons. The van der Waals surface area contributed by atoms with Crippen LogP contribution in [0.5, 0.6) is 11.5 Å². The molecule has 2 amide bonds. The highest BCUT2D eigenvalue weighted by atomic mass is 35.5. The summed E-state index contributed by atoms with van der Waals surface area (Å²) in [5.41, 5.74) is 3.91. The molecule has 0 saturated heterocycles. The first-order valence-electron chi connectivity index (χ1n) is 7.18. The number of hydrogen-bond donors (Lipinski definition) is 3. The number of aromatic hydroxyl groups is 1. The molecule has 2 rings (SSSR count). The van der Waals surface area contributed by atoms with Crippen molar-refractivity contribution in [2.75, 3.05) is 12.4 Å². The zero-order chi connectivity index (χ0) is 18.4. The maximum absolute atomic E-state index is 11.9. The van der Waals surface area contributed by atoms with E-state index in [1.54, 1.807) is 31.2 Å². The van der Waals surface area contributed by atoms with E-state index in [-0.39, 0.29) is 11.5 Å². The first-order chi connectivity index (χ1) is 11.9. The largest absolute Gasteiger partial charge is 0.504 e. The highest BCUT2D eigenvalue weighted by Gasteiger charge is 2.14. The number of nitrogens with zero attached hydrogens (tertiary/aromatic N) is 1. The summed E-state index contributed by atoms with van der Waals surface area (Å²) in [6.07, 6.45) is 1.32. The fourth-order valence-electron chi connectivity index (χ4n) is 1.94. The van der Waals surface area contributed by atoms with Crippen LogP contribution in [0.4, 0.5) is 5.69 Å². The normalized spacial score (nSPS) is 10.5. The minimum absolute atomic E-state index is 0.0126. The first kappa shape index (κ1) is 18.3. The van der Waals surface area contributed by atoms with Gasteiger partial charge in [0.15, 0.2) is 11.5 Å². The van der Waals surface area contributed by atoms with E-state index in [0.29, 0.717) is 16.3 Å². The Morgan fingerprint density at radius 1 is 1.20 bits per heavy atom. The second-order valence-electron chi connectivity index (χ2n) is 5.04. The predicted molar refractivity (Wildman–Crippen MR) is 95.2 cm³/mol. The van der Waals surface area contributed by atoms with Gasteiger partial charge in [-0.05, 0) is 54.4 Å². The van der Waals surface area contributed by atoms with Gasteiger partial charge in [-0.15, -0.1) is 0 Å². The number of anilines is 1. The number of hydrazone groups is 1. The van der Waals surface area contributed by atoms with E-state index in [1.165, 1.54) is 25.5 Å². The van der Waals surface area contributed by atoms with Crippen molar-refractivity contribution in [2.24, 2.45) is 5.10 Å². The van der Waals surface area contributed by atoms with Crippen LogP contribution >= 0.6 is 11.6 Å². The molecule has 3 N–H and O–H groups in total. The molecule has 0 fully saturated rings. The van der Waals surface area contributed by atoms with Gasteiger partial charge in [-0.1, -0.05) is 11.6 Å².